The quantitative estimate of drug-likeness (QED) is 0.716. The molecule has 3 aromatic rings. The van der Waals surface area contributed by atoms with Gasteiger partial charge in [0.1, 0.15) is 0 Å². The fourth-order valence-corrected chi connectivity index (χ4v) is 2.53. The largest absolute Gasteiger partial charge is 0.390 e. The average Bonchev–Trinajstić information content (AvgIpc) is 3.19. The molecule has 1 amide bonds. The number of aromatic nitrogens is 5. The molecular weight excluding hydrogens is 361 g/mol. The van der Waals surface area contributed by atoms with E-state index in [1.165, 1.54) is 10.9 Å². The molecule has 3 heterocycles. The third kappa shape index (κ3) is 4.33. The van der Waals surface area contributed by atoms with Crippen molar-refractivity contribution >= 4 is 17.6 Å². The molecule has 3 aromatic heterocycles. The molecule has 0 aliphatic carbocycles. The summed E-state index contributed by atoms with van der Waals surface area (Å²) in [6.07, 6.45) is 0.969. The summed E-state index contributed by atoms with van der Waals surface area (Å²) in [6, 6.07) is 1.81. The highest BCUT2D eigenvalue weighted by molar-refractivity contribution is 5.94. The van der Waals surface area contributed by atoms with Crippen LogP contribution in [-0.2, 0) is 13.1 Å². The SMILES string of the molecule is C=Cc1cnn2cc(CNC(=O)c3cnn(CCC(F)(F)F)c3C)nc2c1. The molecule has 3 rings (SSSR count). The van der Waals surface area contributed by atoms with E-state index < -0.39 is 18.5 Å². The zero-order chi connectivity index (χ0) is 19.6. The number of amides is 1. The summed E-state index contributed by atoms with van der Waals surface area (Å²) in [5, 5.41) is 10.7. The van der Waals surface area contributed by atoms with Crippen LogP contribution in [0.1, 0.15) is 33.7 Å². The summed E-state index contributed by atoms with van der Waals surface area (Å²) in [7, 11) is 0. The number of alkyl halides is 3. The van der Waals surface area contributed by atoms with Crippen molar-refractivity contribution in [3.8, 4) is 0 Å². The second kappa shape index (κ2) is 7.22. The van der Waals surface area contributed by atoms with Crippen molar-refractivity contribution in [1.29, 1.82) is 0 Å². The monoisotopic (exact) mass is 378 g/mol. The average molecular weight is 378 g/mol. The van der Waals surface area contributed by atoms with Gasteiger partial charge in [-0.25, -0.2) is 9.50 Å². The van der Waals surface area contributed by atoms with Crippen LogP contribution in [0.25, 0.3) is 11.7 Å². The number of fused-ring (bicyclic) bond motifs is 1. The molecule has 27 heavy (non-hydrogen) atoms. The van der Waals surface area contributed by atoms with Gasteiger partial charge in [-0.3, -0.25) is 9.48 Å². The van der Waals surface area contributed by atoms with Gasteiger partial charge < -0.3 is 5.32 Å². The lowest BCUT2D eigenvalue weighted by atomic mass is 10.2. The van der Waals surface area contributed by atoms with Crippen LogP contribution in [0.4, 0.5) is 13.2 Å². The zero-order valence-electron chi connectivity index (χ0n) is 14.5. The number of hydrogen-bond acceptors (Lipinski definition) is 4. The number of aryl methyl sites for hydroxylation is 1. The molecular formula is C17H17F3N6O. The molecule has 0 spiro atoms. The first kappa shape index (κ1) is 18.6. The van der Waals surface area contributed by atoms with Crippen molar-refractivity contribution in [2.75, 3.05) is 0 Å². The zero-order valence-corrected chi connectivity index (χ0v) is 14.5. The number of rotatable bonds is 6. The van der Waals surface area contributed by atoms with E-state index in [1.807, 2.05) is 0 Å². The molecule has 0 aromatic carbocycles. The molecule has 0 aliphatic rings. The Kier molecular flexibility index (Phi) is 4.98. The number of imidazole rings is 1. The van der Waals surface area contributed by atoms with E-state index in [0.717, 1.165) is 5.56 Å². The fraction of sp³-hybridized carbons (Fsp3) is 0.294. The first-order valence-electron chi connectivity index (χ1n) is 8.11. The minimum absolute atomic E-state index is 0.152. The first-order valence-corrected chi connectivity index (χ1v) is 8.11. The van der Waals surface area contributed by atoms with Gasteiger partial charge >= 0.3 is 6.18 Å². The van der Waals surface area contributed by atoms with E-state index in [0.29, 0.717) is 17.0 Å². The predicted molar refractivity (Wildman–Crippen MR) is 91.9 cm³/mol. The van der Waals surface area contributed by atoms with Gasteiger partial charge in [-0.05, 0) is 18.6 Å². The standard InChI is InChI=1S/C17H17F3N6O/c1-3-12-6-15-24-13(10-26(15)22-7-12)8-21-16(27)14-9-23-25(11(14)2)5-4-17(18,19)20/h3,6-7,9-10H,1,4-5,8H2,2H3,(H,21,27). The van der Waals surface area contributed by atoms with E-state index in [9.17, 15) is 18.0 Å². The third-order valence-corrected chi connectivity index (χ3v) is 4.01. The lowest BCUT2D eigenvalue weighted by Crippen LogP contribution is -2.23. The molecule has 0 radical (unpaired) electrons. The maximum absolute atomic E-state index is 12.3. The summed E-state index contributed by atoms with van der Waals surface area (Å²) >= 11 is 0. The molecule has 0 unspecified atom stereocenters. The maximum atomic E-state index is 12.3. The second-order valence-electron chi connectivity index (χ2n) is 5.94. The van der Waals surface area contributed by atoms with Crippen molar-refractivity contribution in [3.63, 3.8) is 0 Å². The van der Waals surface area contributed by atoms with E-state index in [2.05, 4.69) is 27.1 Å². The van der Waals surface area contributed by atoms with Gasteiger partial charge in [0.2, 0.25) is 0 Å². The first-order chi connectivity index (χ1) is 12.8. The number of hydrogen-bond donors (Lipinski definition) is 1. The van der Waals surface area contributed by atoms with Crippen LogP contribution in [0, 0.1) is 6.92 Å². The molecule has 7 nitrogen and oxygen atoms in total. The minimum atomic E-state index is -4.27. The Hall–Kier alpha value is -3.17. The highest BCUT2D eigenvalue weighted by Gasteiger charge is 2.27. The van der Waals surface area contributed by atoms with Crippen LogP contribution in [0.2, 0.25) is 0 Å². The number of nitrogens with zero attached hydrogens (tertiary/aromatic N) is 5. The van der Waals surface area contributed by atoms with Crippen LogP contribution in [0.3, 0.4) is 0 Å². The van der Waals surface area contributed by atoms with Crippen LogP contribution >= 0.6 is 0 Å². The molecule has 0 fully saturated rings. The Balaban J connectivity index is 1.66. The van der Waals surface area contributed by atoms with Gasteiger partial charge in [0.25, 0.3) is 5.91 Å². The molecule has 1 N–H and O–H groups in total. The van der Waals surface area contributed by atoms with E-state index >= 15 is 0 Å². The van der Waals surface area contributed by atoms with Crippen molar-refractivity contribution < 1.29 is 18.0 Å². The van der Waals surface area contributed by atoms with E-state index in [-0.39, 0.29) is 18.7 Å². The molecule has 10 heteroatoms. The van der Waals surface area contributed by atoms with Gasteiger partial charge in [0.15, 0.2) is 5.65 Å². The lowest BCUT2D eigenvalue weighted by Gasteiger charge is -2.08. The Labute approximate surface area is 152 Å². The fourth-order valence-electron chi connectivity index (χ4n) is 2.53. The Morgan fingerprint density at radius 2 is 2.11 bits per heavy atom. The third-order valence-electron chi connectivity index (χ3n) is 4.01. The van der Waals surface area contributed by atoms with Gasteiger partial charge in [-0.15, -0.1) is 0 Å². The van der Waals surface area contributed by atoms with E-state index in [4.69, 9.17) is 0 Å². The van der Waals surface area contributed by atoms with Crippen molar-refractivity contribution in [2.24, 2.45) is 0 Å². The molecule has 0 bridgehead atoms. The van der Waals surface area contributed by atoms with Gasteiger partial charge in [-0.2, -0.15) is 23.4 Å². The number of carbonyl (C=O) groups excluding carboxylic acids is 1. The lowest BCUT2D eigenvalue weighted by molar-refractivity contribution is -0.137. The van der Waals surface area contributed by atoms with Gasteiger partial charge in [0.05, 0.1) is 42.8 Å². The van der Waals surface area contributed by atoms with Gasteiger partial charge in [0, 0.05) is 12.2 Å². The highest BCUT2D eigenvalue weighted by atomic mass is 19.4. The number of nitrogens with one attached hydrogen (secondary N) is 1. The van der Waals surface area contributed by atoms with Crippen molar-refractivity contribution in [1.82, 2.24) is 29.7 Å². The number of halogens is 3. The molecule has 0 atom stereocenters. The van der Waals surface area contributed by atoms with Crippen molar-refractivity contribution in [3.05, 3.63) is 53.8 Å². The van der Waals surface area contributed by atoms with Crippen LogP contribution in [0.15, 0.2) is 31.2 Å². The maximum Gasteiger partial charge on any atom is 0.390 e. The molecule has 0 saturated carbocycles. The van der Waals surface area contributed by atoms with Crippen LogP contribution in [-0.4, -0.2) is 36.5 Å². The van der Waals surface area contributed by atoms with Crippen molar-refractivity contribution in [2.45, 2.75) is 32.6 Å². The van der Waals surface area contributed by atoms with Crippen LogP contribution < -0.4 is 5.32 Å². The Morgan fingerprint density at radius 1 is 1.33 bits per heavy atom. The summed E-state index contributed by atoms with van der Waals surface area (Å²) < 4.78 is 39.8. The molecule has 0 aliphatic heterocycles. The Morgan fingerprint density at radius 3 is 2.81 bits per heavy atom. The number of carbonyl (C=O) groups is 1. The molecule has 142 valence electrons. The Bertz CT molecular complexity index is 988. The predicted octanol–water partition coefficient (Wildman–Crippen LogP) is 2.76. The summed E-state index contributed by atoms with van der Waals surface area (Å²) in [6.45, 7) is 5.05. The normalized spacial score (nSPS) is 11.7. The van der Waals surface area contributed by atoms with E-state index in [1.54, 1.807) is 36.0 Å². The summed E-state index contributed by atoms with van der Waals surface area (Å²) in [5.74, 6) is -0.428. The minimum Gasteiger partial charge on any atom is -0.346 e. The summed E-state index contributed by atoms with van der Waals surface area (Å²) in [5.41, 5.74) is 2.65. The molecule has 0 saturated heterocycles. The summed E-state index contributed by atoms with van der Waals surface area (Å²) in [4.78, 5) is 16.7. The van der Waals surface area contributed by atoms with Crippen LogP contribution in [0.5, 0.6) is 0 Å². The highest BCUT2D eigenvalue weighted by Crippen LogP contribution is 2.21. The topological polar surface area (TPSA) is 77.1 Å². The smallest absolute Gasteiger partial charge is 0.346 e. The second-order valence-corrected chi connectivity index (χ2v) is 5.94. The van der Waals surface area contributed by atoms with Gasteiger partial charge in [-0.1, -0.05) is 12.7 Å².